The number of rotatable bonds is 8. The van der Waals surface area contributed by atoms with Crippen LogP contribution in [0.5, 0.6) is 0 Å². The molecule has 3 rings (SSSR count). The van der Waals surface area contributed by atoms with E-state index in [1.807, 2.05) is 24.3 Å². The molecule has 6 nitrogen and oxygen atoms in total. The van der Waals surface area contributed by atoms with Crippen molar-refractivity contribution in [1.82, 2.24) is 4.98 Å². The molecule has 0 aliphatic carbocycles. The van der Waals surface area contributed by atoms with E-state index >= 15 is 0 Å². The van der Waals surface area contributed by atoms with Gasteiger partial charge >= 0.3 is 0 Å². The van der Waals surface area contributed by atoms with Crippen LogP contribution in [0.25, 0.3) is 0 Å². The number of halogens is 2. The molecule has 0 unspecified atom stereocenters. The number of aromatic nitrogens is 1. The molecule has 0 fully saturated rings. The number of hydrogen-bond acceptors (Lipinski definition) is 5. The van der Waals surface area contributed by atoms with Crippen molar-refractivity contribution in [3.63, 3.8) is 0 Å². The first-order chi connectivity index (χ1) is 13.9. The second-order valence-corrected chi connectivity index (χ2v) is 7.95. The van der Waals surface area contributed by atoms with Gasteiger partial charge in [-0.2, -0.15) is 0 Å². The first-order valence-corrected chi connectivity index (χ1v) is 10.2. The summed E-state index contributed by atoms with van der Waals surface area (Å²) < 4.78 is 53.1. The molecule has 0 amide bonds. The van der Waals surface area contributed by atoms with Crippen LogP contribution in [0.2, 0.25) is 0 Å². The van der Waals surface area contributed by atoms with E-state index in [2.05, 4.69) is 15.0 Å². The first kappa shape index (κ1) is 20.7. The topological polar surface area (TPSA) is 91.3 Å². The SMILES string of the molecule is O=S(=O)(Nc1ccc(F)c(F)c1)c1ccc(NCCc2ccc(CO)cc2)nc1. The minimum absolute atomic E-state index is 0.00264. The lowest BCUT2D eigenvalue weighted by molar-refractivity contribution is 0.282. The molecule has 0 spiro atoms. The molecule has 1 aromatic heterocycles. The van der Waals surface area contributed by atoms with E-state index in [-0.39, 0.29) is 17.2 Å². The minimum atomic E-state index is -3.98. The summed E-state index contributed by atoms with van der Waals surface area (Å²) in [7, 11) is -3.98. The van der Waals surface area contributed by atoms with Gasteiger partial charge in [-0.1, -0.05) is 24.3 Å². The van der Waals surface area contributed by atoms with E-state index < -0.39 is 21.7 Å². The van der Waals surface area contributed by atoms with Gasteiger partial charge in [0.1, 0.15) is 10.7 Å². The summed E-state index contributed by atoms with van der Waals surface area (Å²) in [6, 6.07) is 13.2. The van der Waals surface area contributed by atoms with Crippen molar-refractivity contribution in [2.24, 2.45) is 0 Å². The zero-order valence-corrected chi connectivity index (χ0v) is 16.1. The van der Waals surface area contributed by atoms with E-state index in [1.54, 1.807) is 0 Å². The standard InChI is InChI=1S/C20H19F2N3O3S/c21-18-7-5-16(11-19(18)22)25-29(27,28)17-6-8-20(24-12-17)23-10-9-14-1-3-15(13-26)4-2-14/h1-8,11-12,25-26H,9-10,13H2,(H,23,24). The molecule has 0 atom stereocenters. The number of hydrogen-bond donors (Lipinski definition) is 3. The summed E-state index contributed by atoms with van der Waals surface area (Å²) in [5.41, 5.74) is 1.85. The van der Waals surface area contributed by atoms with Crippen LogP contribution >= 0.6 is 0 Å². The van der Waals surface area contributed by atoms with E-state index in [0.29, 0.717) is 12.4 Å². The Bertz CT molecular complexity index is 1070. The van der Waals surface area contributed by atoms with Crippen LogP contribution in [0.1, 0.15) is 11.1 Å². The second kappa shape index (κ2) is 8.97. The maximum absolute atomic E-state index is 13.2. The van der Waals surface area contributed by atoms with Gasteiger partial charge in [0.15, 0.2) is 11.6 Å². The highest BCUT2D eigenvalue weighted by Crippen LogP contribution is 2.19. The lowest BCUT2D eigenvalue weighted by atomic mass is 10.1. The summed E-state index contributed by atoms with van der Waals surface area (Å²) in [4.78, 5) is 3.98. The summed E-state index contributed by atoms with van der Waals surface area (Å²) in [6.45, 7) is 0.591. The molecular weight excluding hydrogens is 400 g/mol. The zero-order chi connectivity index (χ0) is 20.9. The fraction of sp³-hybridized carbons (Fsp3) is 0.150. The van der Waals surface area contributed by atoms with Gasteiger partial charge < -0.3 is 10.4 Å². The Balaban J connectivity index is 1.58. The monoisotopic (exact) mass is 419 g/mol. The second-order valence-electron chi connectivity index (χ2n) is 6.26. The molecule has 9 heteroatoms. The summed E-state index contributed by atoms with van der Waals surface area (Å²) >= 11 is 0. The number of aliphatic hydroxyl groups excluding tert-OH is 1. The van der Waals surface area contributed by atoms with Crippen LogP contribution in [0.3, 0.4) is 0 Å². The molecule has 0 saturated heterocycles. The normalized spacial score (nSPS) is 11.3. The fourth-order valence-electron chi connectivity index (χ4n) is 2.56. The number of nitrogens with one attached hydrogen (secondary N) is 2. The molecule has 0 aliphatic rings. The molecule has 3 N–H and O–H groups in total. The third-order valence-electron chi connectivity index (χ3n) is 4.14. The Kier molecular flexibility index (Phi) is 6.40. The van der Waals surface area contributed by atoms with E-state index in [9.17, 15) is 17.2 Å². The molecule has 1 heterocycles. The van der Waals surface area contributed by atoms with Crippen molar-refractivity contribution in [1.29, 1.82) is 0 Å². The molecule has 29 heavy (non-hydrogen) atoms. The number of benzene rings is 2. The molecule has 0 aliphatic heterocycles. The Morgan fingerprint density at radius 2 is 1.66 bits per heavy atom. The van der Waals surface area contributed by atoms with Crippen molar-refractivity contribution in [2.45, 2.75) is 17.9 Å². The van der Waals surface area contributed by atoms with Crippen LogP contribution in [-0.4, -0.2) is 25.1 Å². The van der Waals surface area contributed by atoms with Crippen molar-refractivity contribution in [3.05, 3.63) is 83.6 Å². The van der Waals surface area contributed by atoms with Gasteiger partial charge in [-0.15, -0.1) is 0 Å². The van der Waals surface area contributed by atoms with Gasteiger partial charge in [0, 0.05) is 18.8 Å². The molecule has 2 aromatic carbocycles. The lowest BCUT2D eigenvalue weighted by Gasteiger charge is -2.10. The predicted octanol–water partition coefficient (Wildman–Crippen LogP) is 3.31. The van der Waals surface area contributed by atoms with Crippen molar-refractivity contribution in [2.75, 3.05) is 16.6 Å². The third-order valence-corrected chi connectivity index (χ3v) is 5.51. The lowest BCUT2D eigenvalue weighted by Crippen LogP contribution is -2.14. The number of pyridine rings is 1. The molecule has 0 radical (unpaired) electrons. The highest BCUT2D eigenvalue weighted by molar-refractivity contribution is 7.92. The number of anilines is 2. The highest BCUT2D eigenvalue weighted by Gasteiger charge is 2.16. The van der Waals surface area contributed by atoms with E-state index in [4.69, 9.17) is 5.11 Å². The first-order valence-electron chi connectivity index (χ1n) is 8.74. The minimum Gasteiger partial charge on any atom is -0.392 e. The summed E-state index contributed by atoms with van der Waals surface area (Å²) in [5, 5.41) is 12.1. The van der Waals surface area contributed by atoms with Crippen LogP contribution < -0.4 is 10.0 Å². The molecular formula is C20H19F2N3O3S. The third kappa shape index (κ3) is 5.49. The van der Waals surface area contributed by atoms with Crippen LogP contribution in [0.15, 0.2) is 65.7 Å². The van der Waals surface area contributed by atoms with Crippen molar-refractivity contribution < 1.29 is 22.3 Å². The largest absolute Gasteiger partial charge is 0.392 e. The van der Waals surface area contributed by atoms with E-state index in [0.717, 1.165) is 35.7 Å². The van der Waals surface area contributed by atoms with Gasteiger partial charge in [0.25, 0.3) is 10.0 Å². The maximum Gasteiger partial charge on any atom is 0.263 e. The van der Waals surface area contributed by atoms with E-state index in [1.165, 1.54) is 18.3 Å². The highest BCUT2D eigenvalue weighted by atomic mass is 32.2. The Hall–Kier alpha value is -3.04. The van der Waals surface area contributed by atoms with Crippen molar-refractivity contribution in [3.8, 4) is 0 Å². The summed E-state index contributed by atoms with van der Waals surface area (Å²) in [6.07, 6.45) is 1.91. The Morgan fingerprint density at radius 1 is 0.931 bits per heavy atom. The summed E-state index contributed by atoms with van der Waals surface area (Å²) in [5.74, 6) is -1.70. The number of nitrogens with zero attached hydrogens (tertiary/aromatic N) is 1. The average molecular weight is 419 g/mol. The predicted molar refractivity (Wildman–Crippen MR) is 106 cm³/mol. The van der Waals surface area contributed by atoms with Gasteiger partial charge in [-0.05, 0) is 41.8 Å². The Labute approximate surface area is 167 Å². The number of aliphatic hydroxyl groups is 1. The molecule has 0 saturated carbocycles. The van der Waals surface area contributed by atoms with Gasteiger partial charge in [0.2, 0.25) is 0 Å². The smallest absolute Gasteiger partial charge is 0.263 e. The molecule has 0 bridgehead atoms. The van der Waals surface area contributed by atoms with Gasteiger partial charge in [-0.3, -0.25) is 4.72 Å². The van der Waals surface area contributed by atoms with Crippen LogP contribution in [-0.2, 0) is 23.1 Å². The zero-order valence-electron chi connectivity index (χ0n) is 15.3. The average Bonchev–Trinajstić information content (AvgIpc) is 2.71. The number of sulfonamides is 1. The van der Waals surface area contributed by atoms with Crippen molar-refractivity contribution >= 4 is 21.5 Å². The van der Waals surface area contributed by atoms with Crippen LogP contribution in [0, 0.1) is 11.6 Å². The van der Waals surface area contributed by atoms with Gasteiger partial charge in [-0.25, -0.2) is 22.2 Å². The fourth-order valence-corrected chi connectivity index (χ4v) is 3.56. The van der Waals surface area contributed by atoms with Crippen LogP contribution in [0.4, 0.5) is 20.3 Å². The Morgan fingerprint density at radius 3 is 2.28 bits per heavy atom. The quantitative estimate of drug-likeness (QED) is 0.521. The molecule has 152 valence electrons. The maximum atomic E-state index is 13.2. The molecule has 3 aromatic rings. The van der Waals surface area contributed by atoms with Gasteiger partial charge in [0.05, 0.1) is 12.3 Å².